The minimum absolute atomic E-state index is 0.191. The largest absolute Gasteiger partial charge is 0.380 e. The van der Waals surface area contributed by atoms with E-state index in [4.69, 9.17) is 10.5 Å². The van der Waals surface area contributed by atoms with Crippen LogP contribution < -0.4 is 5.73 Å². The Bertz CT molecular complexity index is 351. The van der Waals surface area contributed by atoms with Gasteiger partial charge < -0.3 is 15.4 Å². The van der Waals surface area contributed by atoms with Gasteiger partial charge in [-0.3, -0.25) is 0 Å². The summed E-state index contributed by atoms with van der Waals surface area (Å²) in [5.74, 6) is 0.852. The number of hydrogen-bond donors (Lipinski definition) is 1. The second-order valence-corrected chi connectivity index (χ2v) is 5.73. The number of nitrogens with zero attached hydrogens (tertiary/aromatic N) is 1. The van der Waals surface area contributed by atoms with Crippen LogP contribution in [0.15, 0.2) is 30.3 Å². The van der Waals surface area contributed by atoms with Crippen LogP contribution in [-0.2, 0) is 11.2 Å². The van der Waals surface area contributed by atoms with Crippen LogP contribution in [-0.4, -0.2) is 44.3 Å². The zero-order chi connectivity index (χ0) is 13.5. The van der Waals surface area contributed by atoms with Gasteiger partial charge in [0.2, 0.25) is 0 Å². The van der Waals surface area contributed by atoms with Crippen LogP contribution >= 0.6 is 0 Å². The lowest BCUT2D eigenvalue weighted by atomic mass is 10.1. The number of likely N-dealkylation sites (N-methyl/N-ethyl adjacent to an activating group) is 1. The molecule has 1 aromatic rings. The highest BCUT2D eigenvalue weighted by atomic mass is 16.5. The van der Waals surface area contributed by atoms with Gasteiger partial charge in [-0.25, -0.2) is 0 Å². The molecule has 0 radical (unpaired) electrons. The summed E-state index contributed by atoms with van der Waals surface area (Å²) >= 11 is 0. The molecule has 106 valence electrons. The molecule has 0 aromatic heterocycles. The minimum atomic E-state index is 0.191. The van der Waals surface area contributed by atoms with E-state index < -0.39 is 0 Å². The van der Waals surface area contributed by atoms with E-state index in [2.05, 4.69) is 36.2 Å². The number of nitrogens with two attached hydrogens (primary N) is 1. The fraction of sp³-hybridized carbons (Fsp3) is 0.625. The topological polar surface area (TPSA) is 38.5 Å². The Morgan fingerprint density at radius 2 is 2.05 bits per heavy atom. The van der Waals surface area contributed by atoms with Crippen LogP contribution in [0.1, 0.15) is 18.4 Å². The molecule has 0 aliphatic heterocycles. The molecular weight excluding hydrogens is 236 g/mol. The average molecular weight is 262 g/mol. The maximum Gasteiger partial charge on any atom is 0.0593 e. The fourth-order valence-electron chi connectivity index (χ4n) is 2.23. The molecule has 1 saturated carbocycles. The molecule has 19 heavy (non-hydrogen) atoms. The van der Waals surface area contributed by atoms with Crippen LogP contribution in [0.2, 0.25) is 0 Å². The first-order valence-electron chi connectivity index (χ1n) is 7.30. The van der Waals surface area contributed by atoms with E-state index >= 15 is 0 Å². The van der Waals surface area contributed by atoms with Gasteiger partial charge in [0.05, 0.1) is 6.61 Å². The summed E-state index contributed by atoms with van der Waals surface area (Å²) in [4.78, 5) is 2.26. The molecule has 3 heteroatoms. The summed E-state index contributed by atoms with van der Waals surface area (Å²) in [6.45, 7) is 3.66. The van der Waals surface area contributed by atoms with Crippen molar-refractivity contribution in [2.24, 2.45) is 11.7 Å². The third kappa shape index (κ3) is 6.19. The summed E-state index contributed by atoms with van der Waals surface area (Å²) in [6.07, 6.45) is 3.66. The van der Waals surface area contributed by atoms with Gasteiger partial charge in [-0.1, -0.05) is 30.3 Å². The van der Waals surface area contributed by atoms with Crippen LogP contribution in [0.25, 0.3) is 0 Å². The maximum absolute atomic E-state index is 6.19. The SMILES string of the molecule is CN(CCOCC1CC1)CC(N)Cc1ccccc1. The van der Waals surface area contributed by atoms with Gasteiger partial charge in [0, 0.05) is 25.7 Å². The molecule has 0 spiro atoms. The van der Waals surface area contributed by atoms with E-state index in [9.17, 15) is 0 Å². The number of ether oxygens (including phenoxy) is 1. The van der Waals surface area contributed by atoms with Crippen molar-refractivity contribution in [3.05, 3.63) is 35.9 Å². The second-order valence-electron chi connectivity index (χ2n) is 5.73. The van der Waals surface area contributed by atoms with Gasteiger partial charge in [-0.15, -0.1) is 0 Å². The Labute approximate surface area is 116 Å². The molecule has 1 aliphatic carbocycles. The molecule has 1 unspecified atom stereocenters. The van der Waals surface area contributed by atoms with E-state index in [1.165, 1.54) is 18.4 Å². The van der Waals surface area contributed by atoms with Gasteiger partial charge in [0.15, 0.2) is 0 Å². The molecule has 0 heterocycles. The highest BCUT2D eigenvalue weighted by molar-refractivity contribution is 5.15. The lowest BCUT2D eigenvalue weighted by molar-refractivity contribution is 0.102. The quantitative estimate of drug-likeness (QED) is 0.691. The number of hydrogen-bond acceptors (Lipinski definition) is 3. The number of rotatable bonds is 9. The van der Waals surface area contributed by atoms with Crippen LogP contribution in [0.4, 0.5) is 0 Å². The standard InChI is InChI=1S/C16H26N2O/c1-18(9-10-19-13-15-7-8-15)12-16(17)11-14-5-3-2-4-6-14/h2-6,15-16H,7-13,17H2,1H3. The lowest BCUT2D eigenvalue weighted by Crippen LogP contribution is -2.38. The van der Waals surface area contributed by atoms with E-state index in [1.54, 1.807) is 0 Å². The maximum atomic E-state index is 6.19. The molecule has 0 amide bonds. The van der Waals surface area contributed by atoms with Crippen molar-refractivity contribution < 1.29 is 4.74 Å². The summed E-state index contributed by atoms with van der Waals surface area (Å²) in [7, 11) is 2.12. The molecule has 1 atom stereocenters. The molecule has 0 bridgehead atoms. The summed E-state index contributed by atoms with van der Waals surface area (Å²) < 4.78 is 5.65. The Kier molecular flexibility index (Phi) is 5.83. The van der Waals surface area contributed by atoms with Crippen LogP contribution in [0.5, 0.6) is 0 Å². The second kappa shape index (κ2) is 7.63. The van der Waals surface area contributed by atoms with Crippen molar-refractivity contribution in [1.82, 2.24) is 4.90 Å². The molecule has 2 rings (SSSR count). The summed E-state index contributed by atoms with van der Waals surface area (Å²) in [5, 5.41) is 0. The zero-order valence-electron chi connectivity index (χ0n) is 11.9. The molecular formula is C16H26N2O. The minimum Gasteiger partial charge on any atom is -0.380 e. The van der Waals surface area contributed by atoms with E-state index in [1.807, 2.05) is 6.07 Å². The summed E-state index contributed by atoms with van der Waals surface area (Å²) in [6, 6.07) is 10.6. The number of benzene rings is 1. The van der Waals surface area contributed by atoms with Crippen molar-refractivity contribution in [2.75, 3.05) is 33.4 Å². The van der Waals surface area contributed by atoms with E-state index in [-0.39, 0.29) is 6.04 Å². The predicted octanol–water partition coefficient (Wildman–Crippen LogP) is 1.91. The molecule has 1 aliphatic rings. The molecule has 3 nitrogen and oxygen atoms in total. The van der Waals surface area contributed by atoms with Crippen molar-refractivity contribution >= 4 is 0 Å². The van der Waals surface area contributed by atoms with Crippen molar-refractivity contribution in [1.29, 1.82) is 0 Å². The third-order valence-corrected chi connectivity index (χ3v) is 3.55. The Balaban J connectivity index is 1.56. The monoisotopic (exact) mass is 262 g/mol. The Morgan fingerprint density at radius 1 is 1.32 bits per heavy atom. The van der Waals surface area contributed by atoms with E-state index in [0.717, 1.165) is 38.6 Å². The zero-order valence-corrected chi connectivity index (χ0v) is 11.9. The predicted molar refractivity (Wildman–Crippen MR) is 79.2 cm³/mol. The highest BCUT2D eigenvalue weighted by Gasteiger charge is 2.21. The van der Waals surface area contributed by atoms with Gasteiger partial charge in [0.1, 0.15) is 0 Å². The van der Waals surface area contributed by atoms with E-state index in [0.29, 0.717) is 0 Å². The van der Waals surface area contributed by atoms with Gasteiger partial charge in [-0.05, 0) is 37.8 Å². The third-order valence-electron chi connectivity index (χ3n) is 3.55. The van der Waals surface area contributed by atoms with Gasteiger partial charge in [0.25, 0.3) is 0 Å². The van der Waals surface area contributed by atoms with Gasteiger partial charge >= 0.3 is 0 Å². The molecule has 2 N–H and O–H groups in total. The fourth-order valence-corrected chi connectivity index (χ4v) is 2.23. The Hall–Kier alpha value is -0.900. The molecule has 0 saturated heterocycles. The average Bonchev–Trinajstić information content (AvgIpc) is 3.20. The van der Waals surface area contributed by atoms with Crippen LogP contribution in [0, 0.1) is 5.92 Å². The Morgan fingerprint density at radius 3 is 2.74 bits per heavy atom. The molecule has 1 aromatic carbocycles. The molecule has 1 fully saturated rings. The lowest BCUT2D eigenvalue weighted by Gasteiger charge is -2.21. The highest BCUT2D eigenvalue weighted by Crippen LogP contribution is 2.28. The van der Waals surface area contributed by atoms with Crippen molar-refractivity contribution in [3.63, 3.8) is 0 Å². The smallest absolute Gasteiger partial charge is 0.0593 e. The first-order chi connectivity index (χ1) is 9.24. The summed E-state index contributed by atoms with van der Waals surface area (Å²) in [5.41, 5.74) is 7.50. The van der Waals surface area contributed by atoms with Crippen LogP contribution in [0.3, 0.4) is 0 Å². The first-order valence-corrected chi connectivity index (χ1v) is 7.30. The van der Waals surface area contributed by atoms with Gasteiger partial charge in [-0.2, -0.15) is 0 Å². The normalized spacial score (nSPS) is 16.8. The first kappa shape index (κ1) is 14.5. The van der Waals surface area contributed by atoms with Crippen molar-refractivity contribution in [3.8, 4) is 0 Å². The van der Waals surface area contributed by atoms with Crippen molar-refractivity contribution in [2.45, 2.75) is 25.3 Å².